The van der Waals surface area contributed by atoms with E-state index in [9.17, 15) is 14.0 Å². The van der Waals surface area contributed by atoms with Gasteiger partial charge in [-0.3, -0.25) is 9.59 Å². The Balaban J connectivity index is 1.16. The molecule has 0 unspecified atom stereocenters. The lowest BCUT2D eigenvalue weighted by Crippen LogP contribution is -2.44. The predicted octanol–water partition coefficient (Wildman–Crippen LogP) is 2.63. The highest BCUT2D eigenvalue weighted by molar-refractivity contribution is 5.78. The van der Waals surface area contributed by atoms with Crippen molar-refractivity contribution in [3.8, 4) is 0 Å². The zero-order valence-corrected chi connectivity index (χ0v) is 18.3. The fraction of sp³-hybridized carbons (Fsp3) is 0.320. The Morgan fingerprint density at radius 3 is 2.73 bits per heavy atom. The Morgan fingerprint density at radius 2 is 1.88 bits per heavy atom. The molecule has 33 heavy (non-hydrogen) atoms. The number of hydrogen-bond acceptors (Lipinski definition) is 5. The maximum Gasteiger partial charge on any atom is 0.269 e. The summed E-state index contributed by atoms with van der Waals surface area (Å²) in [5, 5.41) is 4.56. The number of para-hydroxylation sites is 1. The van der Waals surface area contributed by atoms with Crippen molar-refractivity contribution in [2.24, 2.45) is 0 Å². The highest BCUT2D eigenvalue weighted by Gasteiger charge is 2.19. The lowest BCUT2D eigenvalue weighted by atomic mass is 10.0. The molecule has 2 aromatic heterocycles. The SMILES string of the molecule is O=c1[nH]c2ccccc2cc1CNC1CCN(CCn2c(=O)cnc3ccc(F)cc32)CC1. The molecule has 8 heteroatoms. The molecule has 4 aromatic rings. The summed E-state index contributed by atoms with van der Waals surface area (Å²) in [5.41, 5.74) is 2.47. The van der Waals surface area contributed by atoms with Gasteiger partial charge in [0.15, 0.2) is 0 Å². The third-order valence-electron chi connectivity index (χ3n) is 6.45. The lowest BCUT2D eigenvalue weighted by Gasteiger charge is -2.32. The second-order valence-electron chi connectivity index (χ2n) is 8.59. The first-order chi connectivity index (χ1) is 16.1. The highest BCUT2D eigenvalue weighted by atomic mass is 19.1. The number of nitrogens with one attached hydrogen (secondary N) is 2. The van der Waals surface area contributed by atoms with Crippen molar-refractivity contribution in [2.45, 2.75) is 32.0 Å². The number of aromatic nitrogens is 3. The summed E-state index contributed by atoms with van der Waals surface area (Å²) in [6.07, 6.45) is 3.23. The second kappa shape index (κ2) is 9.25. The minimum atomic E-state index is -0.374. The average molecular weight is 448 g/mol. The van der Waals surface area contributed by atoms with Gasteiger partial charge in [0.05, 0.1) is 17.2 Å². The molecule has 7 nitrogen and oxygen atoms in total. The molecule has 1 aliphatic rings. The number of rotatable bonds is 6. The van der Waals surface area contributed by atoms with Gasteiger partial charge < -0.3 is 19.8 Å². The van der Waals surface area contributed by atoms with E-state index in [2.05, 4.69) is 20.2 Å². The van der Waals surface area contributed by atoms with Gasteiger partial charge in [-0.15, -0.1) is 0 Å². The smallest absolute Gasteiger partial charge is 0.269 e. The van der Waals surface area contributed by atoms with Gasteiger partial charge in [-0.05, 0) is 61.6 Å². The molecule has 0 amide bonds. The first-order valence-corrected chi connectivity index (χ1v) is 11.3. The van der Waals surface area contributed by atoms with Crippen molar-refractivity contribution in [3.05, 3.63) is 86.8 Å². The van der Waals surface area contributed by atoms with E-state index in [1.807, 2.05) is 30.3 Å². The van der Waals surface area contributed by atoms with Crippen LogP contribution in [0.3, 0.4) is 0 Å². The van der Waals surface area contributed by atoms with E-state index in [0.29, 0.717) is 36.7 Å². The van der Waals surface area contributed by atoms with E-state index in [1.54, 1.807) is 10.6 Å². The van der Waals surface area contributed by atoms with Gasteiger partial charge >= 0.3 is 0 Å². The first-order valence-electron chi connectivity index (χ1n) is 11.3. The van der Waals surface area contributed by atoms with E-state index in [4.69, 9.17) is 0 Å². The molecule has 3 heterocycles. The van der Waals surface area contributed by atoms with Gasteiger partial charge in [-0.2, -0.15) is 0 Å². The number of pyridine rings is 1. The van der Waals surface area contributed by atoms with Crippen LogP contribution in [0.5, 0.6) is 0 Å². The number of aromatic amines is 1. The van der Waals surface area contributed by atoms with Gasteiger partial charge in [0, 0.05) is 36.8 Å². The number of benzene rings is 2. The lowest BCUT2D eigenvalue weighted by molar-refractivity contribution is 0.191. The number of hydrogen-bond donors (Lipinski definition) is 2. The molecule has 0 radical (unpaired) electrons. The maximum absolute atomic E-state index is 13.7. The number of halogens is 1. The van der Waals surface area contributed by atoms with E-state index in [-0.39, 0.29) is 16.9 Å². The van der Waals surface area contributed by atoms with Crippen molar-refractivity contribution in [1.29, 1.82) is 0 Å². The molecule has 1 aliphatic heterocycles. The Bertz CT molecular complexity index is 1410. The Kier molecular flexibility index (Phi) is 6.02. The van der Waals surface area contributed by atoms with Crippen molar-refractivity contribution >= 4 is 21.9 Å². The van der Waals surface area contributed by atoms with Gasteiger partial charge in [0.2, 0.25) is 0 Å². The molecule has 1 saturated heterocycles. The van der Waals surface area contributed by atoms with Crippen LogP contribution in [0.1, 0.15) is 18.4 Å². The third kappa shape index (κ3) is 4.72. The Labute approximate surface area is 189 Å². The van der Waals surface area contributed by atoms with Crippen LogP contribution in [0.15, 0.2) is 64.3 Å². The fourth-order valence-corrected chi connectivity index (χ4v) is 4.55. The van der Waals surface area contributed by atoms with Crippen LogP contribution in [0, 0.1) is 5.82 Å². The van der Waals surface area contributed by atoms with Gasteiger partial charge in [0.25, 0.3) is 11.1 Å². The number of piperidine rings is 1. The highest BCUT2D eigenvalue weighted by Crippen LogP contribution is 2.15. The summed E-state index contributed by atoms with van der Waals surface area (Å²) >= 11 is 0. The van der Waals surface area contributed by atoms with Crippen molar-refractivity contribution < 1.29 is 4.39 Å². The normalized spacial score (nSPS) is 15.4. The topological polar surface area (TPSA) is 83.0 Å². The number of likely N-dealkylation sites (tertiary alicyclic amines) is 1. The third-order valence-corrected chi connectivity index (χ3v) is 6.45. The first kappa shape index (κ1) is 21.5. The maximum atomic E-state index is 13.7. The van der Waals surface area contributed by atoms with Crippen molar-refractivity contribution in [1.82, 2.24) is 24.8 Å². The summed E-state index contributed by atoms with van der Waals surface area (Å²) in [5.74, 6) is -0.374. The van der Waals surface area contributed by atoms with Gasteiger partial charge in [-0.1, -0.05) is 18.2 Å². The largest absolute Gasteiger partial charge is 0.322 e. The number of H-pyrrole nitrogens is 1. The molecule has 0 spiro atoms. The van der Waals surface area contributed by atoms with Gasteiger partial charge in [-0.25, -0.2) is 9.37 Å². The summed E-state index contributed by atoms with van der Waals surface area (Å²) in [6, 6.07) is 14.4. The fourth-order valence-electron chi connectivity index (χ4n) is 4.55. The van der Waals surface area contributed by atoms with E-state index in [1.165, 1.54) is 18.3 Å². The van der Waals surface area contributed by atoms with Gasteiger partial charge in [0.1, 0.15) is 5.82 Å². The minimum Gasteiger partial charge on any atom is -0.322 e. The molecule has 0 aliphatic carbocycles. The summed E-state index contributed by atoms with van der Waals surface area (Å²) in [6.45, 7) is 3.54. The van der Waals surface area contributed by atoms with Crippen LogP contribution in [-0.4, -0.2) is 45.1 Å². The number of nitrogens with zero attached hydrogens (tertiary/aromatic N) is 3. The molecule has 2 N–H and O–H groups in total. The van der Waals surface area contributed by atoms with E-state index < -0.39 is 0 Å². The number of fused-ring (bicyclic) bond motifs is 2. The van der Waals surface area contributed by atoms with Crippen LogP contribution in [0.25, 0.3) is 21.9 Å². The molecular formula is C25H26FN5O2. The van der Waals surface area contributed by atoms with Crippen LogP contribution in [-0.2, 0) is 13.1 Å². The zero-order valence-electron chi connectivity index (χ0n) is 18.3. The Morgan fingerprint density at radius 1 is 1.06 bits per heavy atom. The quantitative estimate of drug-likeness (QED) is 0.475. The molecule has 0 bridgehead atoms. The molecule has 2 aromatic carbocycles. The Hall–Kier alpha value is -3.36. The van der Waals surface area contributed by atoms with E-state index in [0.717, 1.165) is 42.4 Å². The minimum absolute atomic E-state index is 0.0508. The summed E-state index contributed by atoms with van der Waals surface area (Å²) < 4.78 is 15.3. The summed E-state index contributed by atoms with van der Waals surface area (Å²) in [4.78, 5) is 34.1. The predicted molar refractivity (Wildman–Crippen MR) is 127 cm³/mol. The van der Waals surface area contributed by atoms with Crippen LogP contribution in [0.4, 0.5) is 4.39 Å². The van der Waals surface area contributed by atoms with Crippen molar-refractivity contribution in [3.63, 3.8) is 0 Å². The van der Waals surface area contributed by atoms with Crippen LogP contribution < -0.4 is 16.4 Å². The van der Waals surface area contributed by atoms with Crippen molar-refractivity contribution in [2.75, 3.05) is 19.6 Å². The van der Waals surface area contributed by atoms with E-state index >= 15 is 0 Å². The average Bonchev–Trinajstić information content (AvgIpc) is 2.83. The standard InChI is InChI=1S/C25H26FN5O2/c26-19-5-6-22-23(14-19)31(24(32)16-28-22)12-11-30-9-7-20(8-10-30)27-15-18-13-17-3-1-2-4-21(17)29-25(18)33/h1-6,13-14,16,20,27H,7-12,15H2,(H,29,33). The molecule has 170 valence electrons. The molecule has 1 fully saturated rings. The second-order valence-corrected chi connectivity index (χ2v) is 8.59. The molecule has 5 rings (SSSR count). The van der Waals surface area contributed by atoms with Crippen LogP contribution in [0.2, 0.25) is 0 Å². The monoisotopic (exact) mass is 447 g/mol. The molecule has 0 atom stereocenters. The molecule has 0 saturated carbocycles. The molecular weight excluding hydrogens is 421 g/mol. The van der Waals surface area contributed by atoms with Crippen LogP contribution >= 0.6 is 0 Å². The zero-order chi connectivity index (χ0) is 22.8. The summed E-state index contributed by atoms with van der Waals surface area (Å²) in [7, 11) is 0.